The zero-order valence-electron chi connectivity index (χ0n) is 18.5. The molecular formula is C23H33N3O6. The first kappa shape index (κ1) is 23.8. The van der Waals surface area contributed by atoms with Crippen molar-refractivity contribution in [1.82, 2.24) is 15.5 Å². The second kappa shape index (κ2) is 11.7. The van der Waals surface area contributed by atoms with Crippen LogP contribution in [-0.2, 0) is 9.53 Å². The normalized spacial score (nSPS) is 21.9. The fourth-order valence-corrected chi connectivity index (χ4v) is 4.14. The average molecular weight is 448 g/mol. The van der Waals surface area contributed by atoms with Gasteiger partial charge in [-0.15, -0.1) is 0 Å². The third-order valence-corrected chi connectivity index (χ3v) is 6.05. The summed E-state index contributed by atoms with van der Waals surface area (Å²) in [5.41, 5.74) is 0.394. The summed E-state index contributed by atoms with van der Waals surface area (Å²) < 4.78 is 9.80. The van der Waals surface area contributed by atoms with Crippen LogP contribution in [0.5, 0.6) is 5.75 Å². The lowest BCUT2D eigenvalue weighted by Gasteiger charge is -2.30. The van der Waals surface area contributed by atoms with Gasteiger partial charge in [-0.05, 0) is 49.9 Å². The number of benzene rings is 1. The van der Waals surface area contributed by atoms with Gasteiger partial charge in [0, 0.05) is 24.7 Å². The molecule has 1 saturated heterocycles. The summed E-state index contributed by atoms with van der Waals surface area (Å²) in [4.78, 5) is 38.4. The number of hydrogen-bond donors (Lipinski definition) is 3. The van der Waals surface area contributed by atoms with Crippen molar-refractivity contribution < 1.29 is 29.0 Å². The molecule has 1 heterocycles. The monoisotopic (exact) mass is 447 g/mol. The van der Waals surface area contributed by atoms with Crippen LogP contribution < -0.4 is 15.4 Å². The first-order valence-electron chi connectivity index (χ1n) is 11.3. The van der Waals surface area contributed by atoms with Crippen molar-refractivity contribution in [2.24, 2.45) is 0 Å². The van der Waals surface area contributed by atoms with Crippen LogP contribution in [0.25, 0.3) is 0 Å². The van der Waals surface area contributed by atoms with Gasteiger partial charge in [-0.2, -0.15) is 0 Å². The third-order valence-electron chi connectivity index (χ3n) is 6.05. The predicted molar refractivity (Wildman–Crippen MR) is 117 cm³/mol. The number of hydrogen-bond acceptors (Lipinski definition) is 6. The van der Waals surface area contributed by atoms with Crippen molar-refractivity contribution in [3.8, 4) is 5.75 Å². The van der Waals surface area contributed by atoms with Crippen molar-refractivity contribution in [2.45, 2.75) is 63.1 Å². The fourth-order valence-electron chi connectivity index (χ4n) is 4.14. The minimum Gasteiger partial charge on any atom is -0.482 e. The van der Waals surface area contributed by atoms with Crippen LogP contribution in [0.4, 0.5) is 4.79 Å². The average Bonchev–Trinajstić information content (AvgIpc) is 2.99. The maximum absolute atomic E-state index is 12.8. The minimum absolute atomic E-state index is 0.127. The summed E-state index contributed by atoms with van der Waals surface area (Å²) in [5, 5.41) is 16.5. The van der Waals surface area contributed by atoms with Gasteiger partial charge >= 0.3 is 12.0 Å². The van der Waals surface area contributed by atoms with E-state index < -0.39 is 18.1 Å². The largest absolute Gasteiger partial charge is 0.482 e. The van der Waals surface area contributed by atoms with Crippen LogP contribution >= 0.6 is 0 Å². The molecule has 0 bridgehead atoms. The summed E-state index contributed by atoms with van der Waals surface area (Å²) in [5.74, 6) is -0.402. The van der Waals surface area contributed by atoms with Crippen molar-refractivity contribution in [3.05, 3.63) is 29.8 Å². The zero-order chi connectivity index (χ0) is 22.9. The highest BCUT2D eigenvalue weighted by Gasteiger charge is 2.30. The van der Waals surface area contributed by atoms with Gasteiger partial charge in [0.05, 0.1) is 19.3 Å². The predicted octanol–water partition coefficient (Wildman–Crippen LogP) is 1.84. The first-order chi connectivity index (χ1) is 15.5. The molecule has 3 amide bonds. The lowest BCUT2D eigenvalue weighted by Crippen LogP contribution is -2.53. The van der Waals surface area contributed by atoms with Crippen LogP contribution in [0.1, 0.15) is 55.3 Å². The van der Waals surface area contributed by atoms with Gasteiger partial charge in [0.1, 0.15) is 5.75 Å². The quantitative estimate of drug-likeness (QED) is 0.573. The molecule has 3 N–H and O–H groups in total. The summed E-state index contributed by atoms with van der Waals surface area (Å²) >= 11 is 0. The van der Waals surface area contributed by atoms with Gasteiger partial charge in [0.25, 0.3) is 5.91 Å². The molecule has 1 aromatic rings. The molecule has 3 rings (SSSR count). The molecule has 1 aliphatic carbocycles. The van der Waals surface area contributed by atoms with Gasteiger partial charge in [0.15, 0.2) is 6.61 Å². The molecule has 2 fully saturated rings. The zero-order valence-corrected chi connectivity index (χ0v) is 18.5. The molecule has 0 spiro atoms. The standard InChI is InChI=1S/C23H33N3O6/c1-31-21(28)15-32-18-11-9-16(10-12-18)22(29)25-19-14-26(13-5-8-20(19)27)23(30)24-17-6-3-2-4-7-17/h9-12,17,19-20,27H,2-8,13-15H2,1H3,(H,24,30)(H,25,29). The summed E-state index contributed by atoms with van der Waals surface area (Å²) in [6.07, 6.45) is 5.95. The number of urea groups is 1. The van der Waals surface area contributed by atoms with Crippen LogP contribution in [0.2, 0.25) is 0 Å². The Morgan fingerprint density at radius 3 is 2.44 bits per heavy atom. The van der Waals surface area contributed by atoms with Crippen LogP contribution in [-0.4, -0.2) is 72.9 Å². The van der Waals surface area contributed by atoms with E-state index >= 15 is 0 Å². The summed E-state index contributed by atoms with van der Waals surface area (Å²) in [7, 11) is 1.28. The Hall–Kier alpha value is -2.81. The molecule has 0 radical (unpaired) electrons. The molecule has 1 aromatic carbocycles. The molecule has 1 saturated carbocycles. The smallest absolute Gasteiger partial charge is 0.343 e. The Kier molecular flexibility index (Phi) is 8.72. The highest BCUT2D eigenvalue weighted by Crippen LogP contribution is 2.19. The van der Waals surface area contributed by atoms with E-state index in [9.17, 15) is 19.5 Å². The second-order valence-corrected chi connectivity index (χ2v) is 8.41. The number of aliphatic hydroxyl groups excluding tert-OH is 1. The Morgan fingerprint density at radius 2 is 1.75 bits per heavy atom. The summed E-state index contributed by atoms with van der Waals surface area (Å²) in [6.45, 7) is 0.592. The van der Waals surface area contributed by atoms with E-state index in [1.165, 1.54) is 13.5 Å². The Balaban J connectivity index is 1.56. The molecule has 1 aliphatic heterocycles. The number of methoxy groups -OCH3 is 1. The van der Waals surface area contributed by atoms with E-state index in [2.05, 4.69) is 15.4 Å². The number of likely N-dealkylation sites (tertiary alicyclic amines) is 1. The van der Waals surface area contributed by atoms with Gasteiger partial charge in [-0.1, -0.05) is 19.3 Å². The summed E-state index contributed by atoms with van der Waals surface area (Å²) in [6, 6.07) is 5.86. The molecule has 176 valence electrons. The topological polar surface area (TPSA) is 117 Å². The van der Waals surface area contributed by atoms with E-state index in [4.69, 9.17) is 4.74 Å². The van der Waals surface area contributed by atoms with Crippen LogP contribution in [0.3, 0.4) is 0 Å². The lowest BCUT2D eigenvalue weighted by molar-refractivity contribution is -0.142. The number of nitrogens with one attached hydrogen (secondary N) is 2. The number of carbonyl (C=O) groups is 3. The van der Waals surface area contributed by atoms with Gasteiger partial charge in [-0.3, -0.25) is 4.79 Å². The molecule has 9 heteroatoms. The van der Waals surface area contributed by atoms with E-state index in [-0.39, 0.29) is 31.1 Å². The molecule has 2 aliphatic rings. The van der Waals surface area contributed by atoms with Crippen molar-refractivity contribution >= 4 is 17.9 Å². The Bertz CT molecular complexity index is 778. The third kappa shape index (κ3) is 6.85. The van der Waals surface area contributed by atoms with Crippen molar-refractivity contribution in [1.29, 1.82) is 0 Å². The highest BCUT2D eigenvalue weighted by atomic mass is 16.6. The molecular weight excluding hydrogens is 414 g/mol. The number of amides is 3. The SMILES string of the molecule is COC(=O)COc1ccc(C(=O)NC2CN(C(=O)NC3CCCCC3)CCCC2O)cc1. The van der Waals surface area contributed by atoms with E-state index in [0.29, 0.717) is 30.7 Å². The molecule has 9 nitrogen and oxygen atoms in total. The minimum atomic E-state index is -0.728. The number of nitrogens with zero attached hydrogens (tertiary/aromatic N) is 1. The Labute approximate surface area is 188 Å². The lowest BCUT2D eigenvalue weighted by atomic mass is 9.96. The molecule has 32 heavy (non-hydrogen) atoms. The number of ether oxygens (including phenoxy) is 2. The van der Waals surface area contributed by atoms with E-state index in [0.717, 1.165) is 25.7 Å². The Morgan fingerprint density at radius 1 is 1.03 bits per heavy atom. The van der Waals surface area contributed by atoms with E-state index in [1.54, 1.807) is 29.2 Å². The van der Waals surface area contributed by atoms with Crippen molar-refractivity contribution in [3.63, 3.8) is 0 Å². The second-order valence-electron chi connectivity index (χ2n) is 8.41. The van der Waals surface area contributed by atoms with Crippen LogP contribution in [0.15, 0.2) is 24.3 Å². The maximum atomic E-state index is 12.8. The number of rotatable bonds is 6. The maximum Gasteiger partial charge on any atom is 0.343 e. The highest BCUT2D eigenvalue weighted by molar-refractivity contribution is 5.94. The van der Waals surface area contributed by atoms with Crippen LogP contribution in [0, 0.1) is 0 Å². The number of aliphatic hydroxyl groups is 1. The molecule has 2 atom stereocenters. The first-order valence-corrected chi connectivity index (χ1v) is 11.3. The van der Waals surface area contributed by atoms with Gasteiger partial charge in [-0.25, -0.2) is 9.59 Å². The van der Waals surface area contributed by atoms with Gasteiger partial charge in [0.2, 0.25) is 0 Å². The van der Waals surface area contributed by atoms with E-state index in [1.807, 2.05) is 0 Å². The van der Waals surface area contributed by atoms with Gasteiger partial charge < -0.3 is 30.1 Å². The number of carbonyl (C=O) groups excluding carboxylic acids is 3. The molecule has 2 unspecified atom stereocenters. The van der Waals surface area contributed by atoms with Crippen molar-refractivity contribution in [2.75, 3.05) is 26.8 Å². The number of esters is 1. The molecule has 0 aromatic heterocycles. The fraction of sp³-hybridized carbons (Fsp3) is 0.609.